The van der Waals surface area contributed by atoms with Crippen molar-refractivity contribution in [1.82, 2.24) is 0 Å². The molecule has 2 aliphatic carbocycles. The summed E-state index contributed by atoms with van der Waals surface area (Å²) in [6, 6.07) is 9.77. The molecule has 2 heteroatoms. The van der Waals surface area contributed by atoms with E-state index in [2.05, 4.69) is 5.32 Å². The van der Waals surface area contributed by atoms with Crippen molar-refractivity contribution in [3.63, 3.8) is 0 Å². The van der Waals surface area contributed by atoms with Gasteiger partial charge in [0.05, 0.1) is 0 Å². The standard InChI is InChI=1S/C14H17NO/c16-14(15-12-4-2-1-3-5-12)13-9-10-6-7-11(13)8-10/h1-5,10-11,13H,6-9H2,(H,15,16)/t10?,11-,13+/m1/s1. The number of amides is 1. The molecular formula is C14H17NO. The summed E-state index contributed by atoms with van der Waals surface area (Å²) in [4.78, 5) is 12.1. The number of hydrogen-bond donors (Lipinski definition) is 1. The summed E-state index contributed by atoms with van der Waals surface area (Å²) in [5.74, 6) is 2.00. The lowest BCUT2D eigenvalue weighted by molar-refractivity contribution is -0.121. The molecule has 2 nitrogen and oxygen atoms in total. The zero-order valence-electron chi connectivity index (χ0n) is 9.36. The number of carbonyl (C=O) groups excluding carboxylic acids is 1. The first-order valence-corrected chi connectivity index (χ1v) is 6.19. The highest BCUT2D eigenvalue weighted by molar-refractivity contribution is 5.93. The van der Waals surface area contributed by atoms with Crippen LogP contribution in [0.1, 0.15) is 25.7 Å². The molecular weight excluding hydrogens is 198 g/mol. The average Bonchev–Trinajstić information content (AvgIpc) is 2.92. The molecule has 1 aromatic carbocycles. The van der Waals surface area contributed by atoms with Gasteiger partial charge in [0.2, 0.25) is 5.91 Å². The maximum Gasteiger partial charge on any atom is 0.227 e. The molecule has 1 unspecified atom stereocenters. The van der Waals surface area contributed by atoms with Crippen molar-refractivity contribution in [1.29, 1.82) is 0 Å². The zero-order chi connectivity index (χ0) is 11.0. The van der Waals surface area contributed by atoms with E-state index in [1.807, 2.05) is 30.3 Å². The minimum absolute atomic E-state index is 0.235. The van der Waals surface area contributed by atoms with E-state index in [9.17, 15) is 4.79 Å². The van der Waals surface area contributed by atoms with E-state index in [1.165, 1.54) is 19.3 Å². The highest BCUT2D eigenvalue weighted by Gasteiger charge is 2.42. The molecule has 3 atom stereocenters. The van der Waals surface area contributed by atoms with E-state index >= 15 is 0 Å². The molecule has 0 aliphatic heterocycles. The number of nitrogens with one attached hydrogen (secondary N) is 1. The Morgan fingerprint density at radius 3 is 2.56 bits per heavy atom. The van der Waals surface area contributed by atoms with Crippen LogP contribution in [0.25, 0.3) is 0 Å². The predicted molar refractivity (Wildman–Crippen MR) is 64.0 cm³/mol. The molecule has 1 amide bonds. The van der Waals surface area contributed by atoms with Gasteiger partial charge < -0.3 is 5.32 Å². The summed E-state index contributed by atoms with van der Waals surface area (Å²) in [7, 11) is 0. The maximum atomic E-state index is 12.1. The summed E-state index contributed by atoms with van der Waals surface area (Å²) in [6.45, 7) is 0. The average molecular weight is 215 g/mol. The molecule has 2 fully saturated rings. The van der Waals surface area contributed by atoms with Gasteiger partial charge >= 0.3 is 0 Å². The number of rotatable bonds is 2. The Labute approximate surface area is 96.1 Å². The Morgan fingerprint density at radius 1 is 1.12 bits per heavy atom. The lowest BCUT2D eigenvalue weighted by Crippen LogP contribution is -2.27. The topological polar surface area (TPSA) is 29.1 Å². The van der Waals surface area contributed by atoms with Crippen LogP contribution >= 0.6 is 0 Å². The first kappa shape index (κ1) is 9.88. The highest BCUT2D eigenvalue weighted by atomic mass is 16.1. The van der Waals surface area contributed by atoms with Gasteiger partial charge in [-0.05, 0) is 43.2 Å². The van der Waals surface area contributed by atoms with Gasteiger partial charge in [0.15, 0.2) is 0 Å². The first-order valence-electron chi connectivity index (χ1n) is 6.19. The number of fused-ring (bicyclic) bond motifs is 2. The fraction of sp³-hybridized carbons (Fsp3) is 0.500. The van der Waals surface area contributed by atoms with Crippen molar-refractivity contribution in [3.8, 4) is 0 Å². The Balaban J connectivity index is 1.66. The Hall–Kier alpha value is -1.31. The molecule has 3 rings (SSSR count). The second kappa shape index (κ2) is 3.93. The molecule has 84 valence electrons. The van der Waals surface area contributed by atoms with E-state index in [4.69, 9.17) is 0 Å². The van der Waals surface area contributed by atoms with Gasteiger partial charge in [-0.1, -0.05) is 24.6 Å². The molecule has 2 saturated carbocycles. The Morgan fingerprint density at radius 2 is 1.94 bits per heavy atom. The molecule has 2 bridgehead atoms. The van der Waals surface area contributed by atoms with Gasteiger partial charge in [-0.2, -0.15) is 0 Å². The lowest BCUT2D eigenvalue weighted by Gasteiger charge is -2.20. The van der Waals surface area contributed by atoms with Crippen LogP contribution in [0.5, 0.6) is 0 Å². The molecule has 1 N–H and O–H groups in total. The second-order valence-electron chi connectivity index (χ2n) is 5.14. The van der Waals surface area contributed by atoms with Crippen LogP contribution in [-0.2, 0) is 4.79 Å². The third-order valence-corrected chi connectivity index (χ3v) is 4.12. The third-order valence-electron chi connectivity index (χ3n) is 4.12. The number of benzene rings is 1. The summed E-state index contributed by atoms with van der Waals surface area (Å²) in [5, 5.41) is 3.03. The normalized spacial score (nSPS) is 31.6. The third kappa shape index (κ3) is 1.73. The van der Waals surface area contributed by atoms with E-state index in [1.54, 1.807) is 0 Å². The van der Waals surface area contributed by atoms with E-state index in [-0.39, 0.29) is 11.8 Å². The molecule has 2 aliphatic rings. The van der Waals surface area contributed by atoms with Crippen molar-refractivity contribution in [2.45, 2.75) is 25.7 Å². The fourth-order valence-corrected chi connectivity index (χ4v) is 3.32. The molecule has 1 aromatic rings. The molecule has 0 saturated heterocycles. The van der Waals surface area contributed by atoms with E-state index in [0.717, 1.165) is 18.0 Å². The van der Waals surface area contributed by atoms with Crippen molar-refractivity contribution in [2.75, 3.05) is 5.32 Å². The van der Waals surface area contributed by atoms with Crippen molar-refractivity contribution >= 4 is 11.6 Å². The van der Waals surface area contributed by atoms with E-state index < -0.39 is 0 Å². The van der Waals surface area contributed by atoms with E-state index in [0.29, 0.717) is 5.92 Å². The molecule has 0 aromatic heterocycles. The smallest absolute Gasteiger partial charge is 0.227 e. The number of carbonyl (C=O) groups is 1. The predicted octanol–water partition coefficient (Wildman–Crippen LogP) is 3.06. The van der Waals surface area contributed by atoms with Crippen molar-refractivity contribution in [3.05, 3.63) is 30.3 Å². The lowest BCUT2D eigenvalue weighted by atomic mass is 9.88. The van der Waals surface area contributed by atoms with Gasteiger partial charge in [-0.3, -0.25) is 4.79 Å². The van der Waals surface area contributed by atoms with Crippen LogP contribution in [-0.4, -0.2) is 5.91 Å². The Bertz CT molecular complexity index is 387. The van der Waals surface area contributed by atoms with Gasteiger partial charge in [0.1, 0.15) is 0 Å². The summed E-state index contributed by atoms with van der Waals surface area (Å²) < 4.78 is 0. The fourth-order valence-electron chi connectivity index (χ4n) is 3.32. The molecule has 0 heterocycles. The summed E-state index contributed by atoms with van der Waals surface area (Å²) in [6.07, 6.45) is 5.01. The quantitative estimate of drug-likeness (QED) is 0.807. The molecule has 16 heavy (non-hydrogen) atoms. The minimum Gasteiger partial charge on any atom is -0.326 e. The van der Waals surface area contributed by atoms with Crippen LogP contribution in [0.4, 0.5) is 5.69 Å². The highest BCUT2D eigenvalue weighted by Crippen LogP contribution is 2.48. The monoisotopic (exact) mass is 215 g/mol. The van der Waals surface area contributed by atoms with Crippen LogP contribution in [0.15, 0.2) is 30.3 Å². The Kier molecular flexibility index (Phi) is 2.43. The van der Waals surface area contributed by atoms with Crippen LogP contribution in [0.2, 0.25) is 0 Å². The largest absolute Gasteiger partial charge is 0.326 e. The first-order chi connectivity index (χ1) is 7.83. The maximum absolute atomic E-state index is 12.1. The molecule has 0 spiro atoms. The number of hydrogen-bond acceptors (Lipinski definition) is 1. The SMILES string of the molecule is O=C(Nc1ccccc1)[C@H]1CC2CC[C@@H]1C2. The van der Waals surface area contributed by atoms with Crippen molar-refractivity contribution < 1.29 is 4.79 Å². The summed E-state index contributed by atoms with van der Waals surface area (Å²) in [5.41, 5.74) is 0.926. The van der Waals surface area contributed by atoms with Crippen LogP contribution < -0.4 is 5.32 Å². The van der Waals surface area contributed by atoms with Gasteiger partial charge in [0, 0.05) is 11.6 Å². The number of anilines is 1. The van der Waals surface area contributed by atoms with Crippen LogP contribution in [0.3, 0.4) is 0 Å². The minimum atomic E-state index is 0.235. The van der Waals surface area contributed by atoms with Crippen LogP contribution in [0, 0.1) is 17.8 Å². The molecule has 0 radical (unpaired) electrons. The summed E-state index contributed by atoms with van der Waals surface area (Å²) >= 11 is 0. The van der Waals surface area contributed by atoms with Gasteiger partial charge in [0.25, 0.3) is 0 Å². The van der Waals surface area contributed by atoms with Gasteiger partial charge in [-0.15, -0.1) is 0 Å². The number of para-hydroxylation sites is 1. The second-order valence-corrected chi connectivity index (χ2v) is 5.14. The van der Waals surface area contributed by atoms with Gasteiger partial charge in [-0.25, -0.2) is 0 Å². The zero-order valence-corrected chi connectivity index (χ0v) is 9.36. The van der Waals surface area contributed by atoms with Crippen molar-refractivity contribution in [2.24, 2.45) is 17.8 Å².